The number of carbonyl (C=O) groups is 2. The molecule has 0 unspecified atom stereocenters. The van der Waals surface area contributed by atoms with Crippen LogP contribution in [-0.2, 0) is 9.53 Å². The maximum Gasteiger partial charge on any atom is 0.359 e. The van der Waals surface area contributed by atoms with Gasteiger partial charge in [0.15, 0.2) is 17.6 Å². The van der Waals surface area contributed by atoms with E-state index in [2.05, 4.69) is 4.98 Å². The number of aromatic nitrogens is 2. The number of aryl methyl sites for hydroxylation is 1. The van der Waals surface area contributed by atoms with E-state index >= 15 is 0 Å². The zero-order valence-corrected chi connectivity index (χ0v) is 16.0. The van der Waals surface area contributed by atoms with E-state index in [-0.39, 0.29) is 16.9 Å². The molecule has 0 aliphatic heterocycles. The monoisotopic (exact) mass is 366 g/mol. The fourth-order valence-corrected chi connectivity index (χ4v) is 6.36. The SMILES string of the molecule is Cc1cccc2nc(C(=O)O[C@H](C)C(=O)C34CC5CC(CC(C5)C3)C4)cn12. The van der Waals surface area contributed by atoms with E-state index in [1.165, 1.54) is 19.3 Å². The van der Waals surface area contributed by atoms with Crippen molar-refractivity contribution in [2.24, 2.45) is 23.2 Å². The Hall–Kier alpha value is -2.17. The van der Waals surface area contributed by atoms with Crippen molar-refractivity contribution in [1.29, 1.82) is 0 Å². The molecule has 4 fully saturated rings. The van der Waals surface area contributed by atoms with Gasteiger partial charge in [0, 0.05) is 17.3 Å². The molecule has 0 radical (unpaired) electrons. The van der Waals surface area contributed by atoms with E-state index in [0.717, 1.165) is 25.0 Å². The molecule has 4 saturated carbocycles. The van der Waals surface area contributed by atoms with Crippen molar-refractivity contribution >= 4 is 17.4 Å². The minimum Gasteiger partial charge on any atom is -0.450 e. The highest BCUT2D eigenvalue weighted by Crippen LogP contribution is 2.60. The highest BCUT2D eigenvalue weighted by atomic mass is 16.5. The molecule has 27 heavy (non-hydrogen) atoms. The summed E-state index contributed by atoms with van der Waals surface area (Å²) in [5.41, 5.74) is 1.72. The molecule has 0 aromatic carbocycles. The number of hydrogen-bond donors (Lipinski definition) is 0. The highest BCUT2D eigenvalue weighted by molar-refractivity contribution is 5.94. The number of esters is 1. The molecule has 4 aliphatic rings. The third-order valence-corrected chi connectivity index (χ3v) is 7.12. The molecular formula is C22H26N2O3. The van der Waals surface area contributed by atoms with Crippen LogP contribution in [0.3, 0.4) is 0 Å². The van der Waals surface area contributed by atoms with Gasteiger partial charge in [0.2, 0.25) is 0 Å². The number of rotatable bonds is 4. The molecule has 0 N–H and O–H groups in total. The molecule has 0 saturated heterocycles. The van der Waals surface area contributed by atoms with Gasteiger partial charge in [0.1, 0.15) is 5.65 Å². The van der Waals surface area contributed by atoms with Crippen LogP contribution >= 0.6 is 0 Å². The number of pyridine rings is 1. The molecule has 0 spiro atoms. The van der Waals surface area contributed by atoms with E-state index in [4.69, 9.17) is 4.74 Å². The topological polar surface area (TPSA) is 60.7 Å². The Morgan fingerprint density at radius 3 is 2.37 bits per heavy atom. The van der Waals surface area contributed by atoms with Crippen LogP contribution in [0, 0.1) is 30.1 Å². The number of carbonyl (C=O) groups excluding carboxylic acids is 2. The van der Waals surface area contributed by atoms with Gasteiger partial charge in [0.25, 0.3) is 0 Å². The summed E-state index contributed by atoms with van der Waals surface area (Å²) in [6.45, 7) is 3.70. The fourth-order valence-electron chi connectivity index (χ4n) is 6.36. The first-order chi connectivity index (χ1) is 12.9. The van der Waals surface area contributed by atoms with E-state index in [0.29, 0.717) is 23.4 Å². The van der Waals surface area contributed by atoms with Crippen molar-refractivity contribution in [1.82, 2.24) is 9.38 Å². The minimum atomic E-state index is -0.709. The van der Waals surface area contributed by atoms with Gasteiger partial charge < -0.3 is 9.14 Å². The molecule has 5 heteroatoms. The van der Waals surface area contributed by atoms with Gasteiger partial charge in [-0.2, -0.15) is 0 Å². The largest absolute Gasteiger partial charge is 0.450 e. The lowest BCUT2D eigenvalue weighted by atomic mass is 9.48. The summed E-state index contributed by atoms with van der Waals surface area (Å²) in [6.07, 6.45) is 7.84. The van der Waals surface area contributed by atoms with Gasteiger partial charge in [-0.25, -0.2) is 9.78 Å². The van der Waals surface area contributed by atoms with Crippen LogP contribution in [0.1, 0.15) is 61.6 Å². The Balaban J connectivity index is 1.33. The molecule has 5 nitrogen and oxygen atoms in total. The first kappa shape index (κ1) is 17.0. The van der Waals surface area contributed by atoms with Crippen molar-refractivity contribution in [2.45, 2.75) is 58.5 Å². The second-order valence-electron chi connectivity index (χ2n) is 9.13. The number of Topliss-reactive ketones (excluding diaryl/α,β-unsaturated/α-hetero) is 1. The molecule has 1 atom stereocenters. The van der Waals surface area contributed by atoms with Crippen LogP contribution in [0.25, 0.3) is 5.65 Å². The Kier molecular flexibility index (Phi) is 3.72. The van der Waals surface area contributed by atoms with Gasteiger partial charge >= 0.3 is 5.97 Å². The quantitative estimate of drug-likeness (QED) is 0.768. The zero-order valence-electron chi connectivity index (χ0n) is 16.0. The Morgan fingerprint density at radius 1 is 1.15 bits per heavy atom. The molecule has 2 aromatic heterocycles. The Labute approximate surface area is 159 Å². The van der Waals surface area contributed by atoms with Gasteiger partial charge in [-0.3, -0.25) is 4.79 Å². The molecule has 4 aliphatic carbocycles. The summed E-state index contributed by atoms with van der Waals surface area (Å²) in [7, 11) is 0. The predicted molar refractivity (Wildman–Crippen MR) is 100 cm³/mol. The van der Waals surface area contributed by atoms with Gasteiger partial charge in [-0.15, -0.1) is 0 Å². The maximum atomic E-state index is 13.3. The number of nitrogens with zero attached hydrogens (tertiary/aromatic N) is 2. The number of hydrogen-bond acceptors (Lipinski definition) is 4. The first-order valence-corrected chi connectivity index (χ1v) is 10.1. The first-order valence-electron chi connectivity index (χ1n) is 10.1. The summed E-state index contributed by atoms with van der Waals surface area (Å²) in [5, 5.41) is 0. The van der Waals surface area contributed by atoms with Crippen molar-refractivity contribution in [3.8, 4) is 0 Å². The Morgan fingerprint density at radius 2 is 1.78 bits per heavy atom. The van der Waals surface area contributed by atoms with Crippen LogP contribution < -0.4 is 0 Å². The molecule has 0 amide bonds. The van der Waals surface area contributed by atoms with Crippen LogP contribution in [0.2, 0.25) is 0 Å². The van der Waals surface area contributed by atoms with Crippen molar-refractivity contribution in [2.75, 3.05) is 0 Å². The summed E-state index contributed by atoms with van der Waals surface area (Å²) in [5.74, 6) is 1.72. The number of imidazole rings is 1. The van der Waals surface area contributed by atoms with Gasteiger partial charge in [-0.1, -0.05) is 6.07 Å². The second-order valence-corrected chi connectivity index (χ2v) is 9.13. The molecule has 142 valence electrons. The average molecular weight is 366 g/mol. The third kappa shape index (κ3) is 2.70. The number of ketones is 1. The summed E-state index contributed by atoms with van der Waals surface area (Å²) in [6, 6.07) is 5.72. The molecule has 2 heterocycles. The van der Waals surface area contributed by atoms with Crippen LogP contribution in [-0.4, -0.2) is 27.2 Å². The molecule has 6 rings (SSSR count). The maximum absolute atomic E-state index is 13.3. The third-order valence-electron chi connectivity index (χ3n) is 7.12. The normalized spacial score (nSPS) is 32.6. The lowest BCUT2D eigenvalue weighted by molar-refractivity contribution is -0.152. The smallest absolute Gasteiger partial charge is 0.359 e. The zero-order chi connectivity index (χ0) is 18.8. The summed E-state index contributed by atoms with van der Waals surface area (Å²) < 4.78 is 7.46. The molecule has 4 bridgehead atoms. The van der Waals surface area contributed by atoms with Crippen LogP contribution in [0.15, 0.2) is 24.4 Å². The average Bonchev–Trinajstić information content (AvgIpc) is 3.06. The lowest BCUT2D eigenvalue weighted by Crippen LogP contribution is -2.52. The Bertz CT molecular complexity index is 893. The highest BCUT2D eigenvalue weighted by Gasteiger charge is 2.55. The fraction of sp³-hybridized carbons (Fsp3) is 0.591. The van der Waals surface area contributed by atoms with Gasteiger partial charge in [0.05, 0.1) is 0 Å². The van der Waals surface area contributed by atoms with Crippen LogP contribution in [0.5, 0.6) is 0 Å². The second kappa shape index (κ2) is 5.91. The number of ether oxygens (including phenoxy) is 1. The molecule has 2 aromatic rings. The van der Waals surface area contributed by atoms with Gasteiger partial charge in [-0.05, 0) is 82.3 Å². The predicted octanol–water partition coefficient (Wildman–Crippen LogP) is 3.97. The standard InChI is InChI=1S/C22H26N2O3/c1-13-4-3-5-19-23-18(12-24(13)19)21(26)27-14(2)20(25)22-9-15-6-16(10-22)8-17(7-15)11-22/h3-5,12,14-17H,6-11H2,1-2H3/t14-,15?,16?,17?,22?/m1/s1. The van der Waals surface area contributed by atoms with E-state index < -0.39 is 12.1 Å². The number of fused-ring (bicyclic) bond motifs is 1. The summed E-state index contributed by atoms with van der Waals surface area (Å²) in [4.78, 5) is 30.3. The summed E-state index contributed by atoms with van der Waals surface area (Å²) >= 11 is 0. The van der Waals surface area contributed by atoms with Crippen molar-refractivity contribution < 1.29 is 14.3 Å². The lowest BCUT2D eigenvalue weighted by Gasteiger charge is -2.56. The molecular weight excluding hydrogens is 340 g/mol. The van der Waals surface area contributed by atoms with Crippen molar-refractivity contribution in [3.05, 3.63) is 35.8 Å². The van der Waals surface area contributed by atoms with E-state index in [1.54, 1.807) is 13.1 Å². The van der Waals surface area contributed by atoms with Crippen molar-refractivity contribution in [3.63, 3.8) is 0 Å². The van der Waals surface area contributed by atoms with E-state index in [1.807, 2.05) is 29.5 Å². The van der Waals surface area contributed by atoms with Crippen LogP contribution in [0.4, 0.5) is 0 Å². The minimum absolute atomic E-state index is 0.134. The van der Waals surface area contributed by atoms with E-state index in [9.17, 15) is 9.59 Å².